The van der Waals surface area contributed by atoms with Crippen molar-refractivity contribution in [2.45, 2.75) is 6.18 Å². The van der Waals surface area contributed by atoms with Crippen molar-refractivity contribution in [1.82, 2.24) is 19.9 Å². The summed E-state index contributed by atoms with van der Waals surface area (Å²) in [5, 5.41) is 2.97. The van der Waals surface area contributed by atoms with E-state index in [9.17, 15) is 18.0 Å². The highest BCUT2D eigenvalue weighted by molar-refractivity contribution is 5.92. The Labute approximate surface area is 156 Å². The molecule has 4 aromatic rings. The van der Waals surface area contributed by atoms with E-state index >= 15 is 0 Å². The third-order valence-electron chi connectivity index (χ3n) is 4.05. The molecule has 0 spiro atoms. The van der Waals surface area contributed by atoms with Crippen molar-refractivity contribution in [3.63, 3.8) is 0 Å². The lowest BCUT2D eigenvalue weighted by Gasteiger charge is -2.11. The van der Waals surface area contributed by atoms with E-state index in [4.69, 9.17) is 0 Å². The Kier molecular flexibility index (Phi) is 4.26. The van der Waals surface area contributed by atoms with Gasteiger partial charge in [0.25, 0.3) is 5.56 Å². The van der Waals surface area contributed by atoms with Crippen LogP contribution in [0.15, 0.2) is 65.8 Å². The molecule has 0 atom stereocenters. The number of halogens is 3. The highest BCUT2D eigenvalue weighted by Gasteiger charge is 2.30. The zero-order valence-electron chi connectivity index (χ0n) is 14.2. The molecule has 6 nitrogen and oxygen atoms in total. The minimum atomic E-state index is -4.47. The Morgan fingerprint density at radius 3 is 2.54 bits per heavy atom. The van der Waals surface area contributed by atoms with E-state index in [1.54, 1.807) is 30.6 Å². The van der Waals surface area contributed by atoms with E-state index in [1.807, 2.05) is 0 Å². The first kappa shape index (κ1) is 17.7. The van der Waals surface area contributed by atoms with Gasteiger partial charge in [-0.15, -0.1) is 0 Å². The van der Waals surface area contributed by atoms with Gasteiger partial charge in [0.15, 0.2) is 5.65 Å². The number of hydrogen-bond acceptors (Lipinski definition) is 5. The maximum absolute atomic E-state index is 12.9. The molecule has 0 amide bonds. The first-order chi connectivity index (χ1) is 13.4. The highest BCUT2D eigenvalue weighted by Crippen LogP contribution is 2.31. The fourth-order valence-corrected chi connectivity index (χ4v) is 2.80. The molecular formula is C19H12F3N5O. The molecule has 0 saturated carbocycles. The molecule has 1 aromatic carbocycles. The van der Waals surface area contributed by atoms with E-state index in [2.05, 4.69) is 25.3 Å². The quantitative estimate of drug-likeness (QED) is 0.556. The minimum absolute atomic E-state index is 0.00352. The van der Waals surface area contributed by atoms with Crippen molar-refractivity contribution in [3.8, 4) is 11.1 Å². The highest BCUT2D eigenvalue weighted by atomic mass is 19.4. The number of benzene rings is 1. The molecule has 3 heterocycles. The molecule has 0 radical (unpaired) electrons. The van der Waals surface area contributed by atoms with Gasteiger partial charge in [-0.25, -0.2) is 4.98 Å². The Morgan fingerprint density at radius 2 is 1.79 bits per heavy atom. The van der Waals surface area contributed by atoms with E-state index in [-0.39, 0.29) is 22.7 Å². The van der Waals surface area contributed by atoms with Gasteiger partial charge in [-0.2, -0.15) is 18.2 Å². The molecule has 28 heavy (non-hydrogen) atoms. The van der Waals surface area contributed by atoms with Crippen molar-refractivity contribution in [2.24, 2.45) is 0 Å². The molecule has 2 N–H and O–H groups in total. The average molecular weight is 383 g/mol. The Morgan fingerprint density at radius 1 is 1.00 bits per heavy atom. The summed E-state index contributed by atoms with van der Waals surface area (Å²) in [5.41, 5.74) is 0.452. The van der Waals surface area contributed by atoms with Crippen molar-refractivity contribution in [2.75, 3.05) is 5.32 Å². The lowest BCUT2D eigenvalue weighted by atomic mass is 10.1. The van der Waals surface area contributed by atoms with Crippen LogP contribution in [0.1, 0.15) is 5.56 Å². The minimum Gasteiger partial charge on any atom is -0.326 e. The normalized spacial score (nSPS) is 11.5. The summed E-state index contributed by atoms with van der Waals surface area (Å²) in [5.74, 6) is -0.00352. The van der Waals surface area contributed by atoms with Gasteiger partial charge in [0.1, 0.15) is 0 Å². The lowest BCUT2D eigenvalue weighted by molar-refractivity contribution is -0.137. The van der Waals surface area contributed by atoms with Crippen LogP contribution in [0.2, 0.25) is 0 Å². The summed E-state index contributed by atoms with van der Waals surface area (Å²) < 4.78 is 38.6. The zero-order valence-corrected chi connectivity index (χ0v) is 14.2. The van der Waals surface area contributed by atoms with Crippen LogP contribution in [0.25, 0.3) is 22.2 Å². The second-order valence-corrected chi connectivity index (χ2v) is 5.91. The van der Waals surface area contributed by atoms with Gasteiger partial charge in [0, 0.05) is 24.3 Å². The summed E-state index contributed by atoms with van der Waals surface area (Å²) in [6, 6.07) is 9.81. The van der Waals surface area contributed by atoms with Gasteiger partial charge in [-0.05, 0) is 47.5 Å². The fourth-order valence-electron chi connectivity index (χ4n) is 2.80. The molecule has 0 aliphatic rings. The van der Waals surface area contributed by atoms with Crippen molar-refractivity contribution < 1.29 is 13.2 Å². The molecule has 3 aromatic heterocycles. The number of hydrogen-bond donors (Lipinski definition) is 2. The van der Waals surface area contributed by atoms with Crippen molar-refractivity contribution >= 4 is 22.7 Å². The Hall–Kier alpha value is -3.75. The van der Waals surface area contributed by atoms with E-state index < -0.39 is 17.3 Å². The summed E-state index contributed by atoms with van der Waals surface area (Å²) >= 11 is 0. The van der Waals surface area contributed by atoms with Crippen LogP contribution >= 0.6 is 0 Å². The molecule has 0 bridgehead atoms. The van der Waals surface area contributed by atoms with Gasteiger partial charge < -0.3 is 5.32 Å². The van der Waals surface area contributed by atoms with Gasteiger partial charge in [0.05, 0.1) is 10.9 Å². The van der Waals surface area contributed by atoms with Crippen LogP contribution in [-0.4, -0.2) is 19.9 Å². The third kappa shape index (κ3) is 3.41. The van der Waals surface area contributed by atoms with Crippen LogP contribution in [0.4, 0.5) is 24.8 Å². The molecule has 0 saturated heterocycles. The standard InChI is InChI=1S/C19H12F3N5O/c20-19(21,22)12-2-1-3-13(10-12)25-18-26-16-15(17(28)27-18)14(6-9-24-16)11-4-7-23-8-5-11/h1-10H,(H2,24,25,26,27,28). The smallest absolute Gasteiger partial charge is 0.326 e. The Balaban J connectivity index is 1.76. The average Bonchev–Trinajstić information content (AvgIpc) is 2.68. The van der Waals surface area contributed by atoms with Gasteiger partial charge in [-0.1, -0.05) is 6.07 Å². The van der Waals surface area contributed by atoms with Gasteiger partial charge in [0.2, 0.25) is 5.95 Å². The third-order valence-corrected chi connectivity index (χ3v) is 4.05. The maximum atomic E-state index is 12.9. The number of aromatic amines is 1. The van der Waals surface area contributed by atoms with Crippen molar-refractivity contribution in [3.05, 3.63) is 77.0 Å². The molecule has 4 rings (SSSR count). The predicted octanol–water partition coefficient (Wildman–Crippen LogP) is 4.14. The second-order valence-electron chi connectivity index (χ2n) is 5.91. The Bertz CT molecular complexity index is 1210. The molecular weight excluding hydrogens is 371 g/mol. The molecule has 0 aliphatic carbocycles. The number of anilines is 2. The number of alkyl halides is 3. The molecule has 140 valence electrons. The van der Waals surface area contributed by atoms with E-state index in [1.165, 1.54) is 18.3 Å². The summed E-state index contributed by atoms with van der Waals surface area (Å²) in [7, 11) is 0. The van der Waals surface area contributed by atoms with Crippen LogP contribution in [-0.2, 0) is 6.18 Å². The second kappa shape index (κ2) is 6.76. The number of pyridine rings is 2. The van der Waals surface area contributed by atoms with Gasteiger partial charge >= 0.3 is 6.18 Å². The van der Waals surface area contributed by atoms with Crippen LogP contribution in [0.3, 0.4) is 0 Å². The molecule has 9 heteroatoms. The first-order valence-electron chi connectivity index (χ1n) is 8.15. The van der Waals surface area contributed by atoms with Crippen molar-refractivity contribution in [1.29, 1.82) is 0 Å². The summed E-state index contributed by atoms with van der Waals surface area (Å²) in [6.07, 6.45) is 0.251. The fraction of sp³-hybridized carbons (Fsp3) is 0.0526. The van der Waals surface area contributed by atoms with Crippen LogP contribution in [0.5, 0.6) is 0 Å². The maximum Gasteiger partial charge on any atom is 0.416 e. The summed E-state index contributed by atoms with van der Waals surface area (Å²) in [6.45, 7) is 0. The number of nitrogens with zero attached hydrogens (tertiary/aromatic N) is 3. The molecule has 0 aliphatic heterocycles. The predicted molar refractivity (Wildman–Crippen MR) is 98.1 cm³/mol. The number of aromatic nitrogens is 4. The molecule has 0 fully saturated rings. The zero-order chi connectivity index (χ0) is 19.7. The van der Waals surface area contributed by atoms with Crippen LogP contribution in [0, 0.1) is 0 Å². The first-order valence-corrected chi connectivity index (χ1v) is 8.15. The number of rotatable bonds is 3. The lowest BCUT2D eigenvalue weighted by Crippen LogP contribution is -2.13. The van der Waals surface area contributed by atoms with E-state index in [0.29, 0.717) is 5.56 Å². The topological polar surface area (TPSA) is 83.6 Å². The number of nitrogens with one attached hydrogen (secondary N) is 2. The summed E-state index contributed by atoms with van der Waals surface area (Å²) in [4.78, 5) is 27.5. The number of H-pyrrole nitrogens is 1. The van der Waals surface area contributed by atoms with Crippen LogP contribution < -0.4 is 10.9 Å². The SMILES string of the molecule is O=c1[nH]c(Nc2cccc(C(F)(F)F)c2)nc2nccc(-c3ccncc3)c12. The largest absolute Gasteiger partial charge is 0.416 e. The van der Waals surface area contributed by atoms with Gasteiger partial charge in [-0.3, -0.25) is 14.8 Å². The van der Waals surface area contributed by atoms with E-state index in [0.717, 1.165) is 17.7 Å². The molecule has 0 unspecified atom stereocenters. The monoisotopic (exact) mass is 383 g/mol. The number of fused-ring (bicyclic) bond motifs is 1.